The average Bonchev–Trinajstić information content (AvgIpc) is 3.13. The van der Waals surface area contributed by atoms with Gasteiger partial charge in [0.05, 0.1) is 15.4 Å². The van der Waals surface area contributed by atoms with Crippen molar-refractivity contribution in [1.29, 1.82) is 0 Å². The van der Waals surface area contributed by atoms with Crippen LogP contribution >= 0.6 is 11.3 Å². The van der Waals surface area contributed by atoms with Gasteiger partial charge in [0, 0.05) is 19.0 Å². The molecule has 0 aliphatic carbocycles. The highest BCUT2D eigenvalue weighted by atomic mass is 32.2. The normalized spacial score (nSPS) is 11.8. The number of rotatable bonds is 7. The molecule has 1 unspecified atom stereocenters. The summed E-state index contributed by atoms with van der Waals surface area (Å²) >= 11 is 1.31. The van der Waals surface area contributed by atoms with Crippen LogP contribution in [-0.4, -0.2) is 32.9 Å². The second kappa shape index (κ2) is 8.83. The summed E-state index contributed by atoms with van der Waals surface area (Å²) in [5.41, 5.74) is 1.60. The molecule has 6 nitrogen and oxygen atoms in total. The number of amides is 1. The fourth-order valence-corrected chi connectivity index (χ4v) is 3.58. The molecule has 0 fully saturated rings. The molecule has 2 heterocycles. The summed E-state index contributed by atoms with van der Waals surface area (Å²) in [4.78, 5) is 22.0. The van der Waals surface area contributed by atoms with Crippen LogP contribution in [0.15, 0.2) is 48.7 Å². The molecule has 0 saturated carbocycles. The van der Waals surface area contributed by atoms with E-state index in [1.165, 1.54) is 29.7 Å². The highest BCUT2D eigenvalue weighted by Gasteiger charge is 2.11. The molecule has 27 heavy (non-hydrogen) atoms. The quantitative estimate of drug-likeness (QED) is 0.634. The van der Waals surface area contributed by atoms with E-state index in [4.69, 9.17) is 0 Å². The molecule has 0 aliphatic rings. The minimum Gasteiger partial charge on any atom is -0.351 e. The first kappa shape index (κ1) is 19.1. The van der Waals surface area contributed by atoms with E-state index in [0.717, 1.165) is 10.4 Å². The number of aromatic nitrogens is 2. The highest BCUT2D eigenvalue weighted by molar-refractivity contribution is 7.85. The number of halogens is 1. The van der Waals surface area contributed by atoms with E-state index in [1.54, 1.807) is 30.5 Å². The number of hydrogen-bond donors (Lipinski definition) is 2. The van der Waals surface area contributed by atoms with Crippen LogP contribution in [0, 0.1) is 5.82 Å². The van der Waals surface area contributed by atoms with E-state index in [-0.39, 0.29) is 17.7 Å². The molecular weight excluding hydrogens is 387 g/mol. The van der Waals surface area contributed by atoms with Gasteiger partial charge in [0.15, 0.2) is 0 Å². The van der Waals surface area contributed by atoms with Crippen molar-refractivity contribution in [3.8, 4) is 10.6 Å². The smallest absolute Gasteiger partial charge is 0.261 e. The lowest BCUT2D eigenvalue weighted by Gasteiger charge is -2.04. The maximum atomic E-state index is 12.9. The molecule has 1 aromatic carbocycles. The Labute approximate surface area is 162 Å². The van der Waals surface area contributed by atoms with Crippen molar-refractivity contribution in [2.24, 2.45) is 0 Å². The summed E-state index contributed by atoms with van der Waals surface area (Å²) in [7, 11) is -1.26. The molecule has 1 atom stereocenters. The van der Waals surface area contributed by atoms with Gasteiger partial charge in [-0.15, -0.1) is 11.3 Å². The van der Waals surface area contributed by atoms with Crippen molar-refractivity contribution in [2.75, 3.05) is 17.5 Å². The van der Waals surface area contributed by atoms with Gasteiger partial charge in [0.1, 0.15) is 16.8 Å². The van der Waals surface area contributed by atoms with Crippen LogP contribution in [0.2, 0.25) is 0 Å². The molecule has 0 bridgehead atoms. The van der Waals surface area contributed by atoms with Gasteiger partial charge >= 0.3 is 0 Å². The molecule has 3 rings (SSSR count). The Bertz CT molecular complexity index is 960. The summed E-state index contributed by atoms with van der Waals surface area (Å²) in [6.07, 6.45) is 3.69. The SMILES string of the molecule is CS(=O)Nc1nccc(-c2ccc(C(=O)NCCc3ccc(F)cc3)s2)n1. The van der Waals surface area contributed by atoms with Crippen molar-refractivity contribution in [2.45, 2.75) is 6.42 Å². The van der Waals surface area contributed by atoms with Crippen molar-refractivity contribution >= 4 is 34.2 Å². The molecule has 0 spiro atoms. The van der Waals surface area contributed by atoms with Crippen molar-refractivity contribution < 1.29 is 13.4 Å². The standard InChI is InChI=1S/C18H17FN4O2S2/c1-27(25)23-18-21-11-9-14(22-18)15-6-7-16(26-15)17(24)20-10-8-12-2-4-13(19)5-3-12/h2-7,9,11H,8,10H2,1H3,(H,20,24)(H,21,22,23). The molecule has 9 heteroatoms. The Morgan fingerprint density at radius 1 is 1.19 bits per heavy atom. The summed E-state index contributed by atoms with van der Waals surface area (Å²) in [5, 5.41) is 2.86. The third-order valence-electron chi connectivity index (χ3n) is 3.59. The second-order valence-electron chi connectivity index (χ2n) is 5.62. The number of thiophene rings is 1. The first-order valence-corrected chi connectivity index (χ1v) is 10.4. The van der Waals surface area contributed by atoms with Crippen LogP contribution < -0.4 is 10.0 Å². The average molecular weight is 404 g/mol. The summed E-state index contributed by atoms with van der Waals surface area (Å²) in [6, 6.07) is 11.5. The molecule has 0 radical (unpaired) electrons. The van der Waals surface area contributed by atoms with E-state index in [0.29, 0.717) is 23.5 Å². The zero-order valence-corrected chi connectivity index (χ0v) is 16.1. The zero-order valence-electron chi connectivity index (χ0n) is 14.4. The van der Waals surface area contributed by atoms with Gasteiger partial charge in [-0.1, -0.05) is 12.1 Å². The molecule has 140 valence electrons. The van der Waals surface area contributed by atoms with Crippen LogP contribution in [-0.2, 0) is 17.4 Å². The maximum Gasteiger partial charge on any atom is 0.261 e. The minimum absolute atomic E-state index is 0.171. The van der Waals surface area contributed by atoms with Gasteiger partial charge in [-0.25, -0.2) is 18.6 Å². The third-order valence-corrected chi connectivity index (χ3v) is 5.16. The van der Waals surface area contributed by atoms with Gasteiger partial charge < -0.3 is 5.32 Å². The minimum atomic E-state index is -1.26. The van der Waals surface area contributed by atoms with E-state index in [9.17, 15) is 13.4 Å². The lowest BCUT2D eigenvalue weighted by atomic mass is 10.1. The predicted octanol–water partition coefficient (Wildman–Crippen LogP) is 3.02. The van der Waals surface area contributed by atoms with Crippen LogP contribution in [0.25, 0.3) is 10.6 Å². The van der Waals surface area contributed by atoms with Gasteiger partial charge in [-0.2, -0.15) is 0 Å². The Balaban J connectivity index is 1.60. The molecular formula is C18H17FN4O2S2. The number of hydrogen-bond acceptors (Lipinski definition) is 5. The van der Waals surface area contributed by atoms with Gasteiger partial charge in [-0.05, 0) is 42.3 Å². The van der Waals surface area contributed by atoms with Crippen LogP contribution in [0.1, 0.15) is 15.2 Å². The molecule has 0 saturated heterocycles. The number of anilines is 1. The van der Waals surface area contributed by atoms with E-state index >= 15 is 0 Å². The Morgan fingerprint density at radius 3 is 2.70 bits per heavy atom. The Morgan fingerprint density at radius 2 is 1.96 bits per heavy atom. The van der Waals surface area contributed by atoms with Crippen molar-refractivity contribution in [1.82, 2.24) is 15.3 Å². The third kappa shape index (κ3) is 5.41. The first-order chi connectivity index (χ1) is 13.0. The number of carbonyl (C=O) groups excluding carboxylic acids is 1. The number of benzene rings is 1. The summed E-state index contributed by atoms with van der Waals surface area (Å²) in [6.45, 7) is 0.460. The van der Waals surface area contributed by atoms with Crippen molar-refractivity contribution in [3.63, 3.8) is 0 Å². The Kier molecular flexibility index (Phi) is 6.25. The summed E-state index contributed by atoms with van der Waals surface area (Å²) in [5.74, 6) is -0.176. The number of carbonyl (C=O) groups is 1. The molecule has 0 aliphatic heterocycles. The lowest BCUT2D eigenvalue weighted by Crippen LogP contribution is -2.24. The topological polar surface area (TPSA) is 84.0 Å². The van der Waals surface area contributed by atoms with E-state index < -0.39 is 11.0 Å². The second-order valence-corrected chi connectivity index (χ2v) is 7.81. The predicted molar refractivity (Wildman–Crippen MR) is 105 cm³/mol. The van der Waals surface area contributed by atoms with Gasteiger partial charge in [0.2, 0.25) is 5.95 Å². The maximum absolute atomic E-state index is 12.9. The fourth-order valence-electron chi connectivity index (χ4n) is 2.33. The van der Waals surface area contributed by atoms with Crippen LogP contribution in [0.3, 0.4) is 0 Å². The molecule has 1 amide bonds. The number of nitrogens with one attached hydrogen (secondary N) is 2. The van der Waals surface area contributed by atoms with Crippen LogP contribution in [0.4, 0.5) is 10.3 Å². The fraction of sp³-hybridized carbons (Fsp3) is 0.167. The molecule has 2 N–H and O–H groups in total. The van der Waals surface area contributed by atoms with Gasteiger partial charge in [0.25, 0.3) is 5.91 Å². The summed E-state index contributed by atoms with van der Waals surface area (Å²) < 4.78 is 26.8. The zero-order chi connectivity index (χ0) is 19.2. The van der Waals surface area contributed by atoms with E-state index in [1.807, 2.05) is 6.07 Å². The number of nitrogens with zero attached hydrogens (tertiary/aromatic N) is 2. The largest absolute Gasteiger partial charge is 0.351 e. The highest BCUT2D eigenvalue weighted by Crippen LogP contribution is 2.27. The first-order valence-electron chi connectivity index (χ1n) is 8.07. The molecule has 3 aromatic rings. The van der Waals surface area contributed by atoms with Gasteiger partial charge in [-0.3, -0.25) is 9.52 Å². The van der Waals surface area contributed by atoms with E-state index in [2.05, 4.69) is 20.0 Å². The molecule has 2 aromatic heterocycles. The lowest BCUT2D eigenvalue weighted by molar-refractivity contribution is 0.0958. The van der Waals surface area contributed by atoms with Crippen molar-refractivity contribution in [3.05, 3.63) is 64.9 Å². The monoisotopic (exact) mass is 404 g/mol. The van der Waals surface area contributed by atoms with Crippen LogP contribution in [0.5, 0.6) is 0 Å². The Hall–Kier alpha value is -2.65.